The smallest absolute Gasteiger partial charge is 0.311 e. The van der Waals surface area contributed by atoms with E-state index in [0.717, 1.165) is 13.2 Å². The molecule has 7 heteroatoms. The zero-order valence-electron chi connectivity index (χ0n) is 8.78. The summed E-state index contributed by atoms with van der Waals surface area (Å²) in [5.41, 5.74) is -1.32. The van der Waals surface area contributed by atoms with E-state index in [-0.39, 0.29) is 11.3 Å². The lowest BCUT2D eigenvalue weighted by Gasteiger charge is -2.07. The molecule has 0 aliphatic rings. The van der Waals surface area contributed by atoms with Crippen LogP contribution in [0.25, 0.3) is 0 Å². The molecule has 1 rings (SSSR count). The summed E-state index contributed by atoms with van der Waals surface area (Å²) in [6.45, 7) is 0. The van der Waals surface area contributed by atoms with E-state index in [1.807, 2.05) is 0 Å². The number of nitrogens with zero attached hydrogens (tertiary/aromatic N) is 2. The van der Waals surface area contributed by atoms with E-state index in [9.17, 15) is 18.7 Å². The predicted octanol–water partition coefficient (Wildman–Crippen LogP) is 1.31. The minimum atomic E-state index is -2.89. The van der Waals surface area contributed by atoms with Crippen LogP contribution < -0.4 is 0 Å². The van der Waals surface area contributed by atoms with Crippen LogP contribution in [0.1, 0.15) is 23.4 Å². The van der Waals surface area contributed by atoms with Crippen molar-refractivity contribution in [3.05, 3.63) is 23.0 Å². The molecule has 0 atom stereocenters. The van der Waals surface area contributed by atoms with E-state index in [2.05, 4.69) is 9.72 Å². The number of aromatic nitrogens is 1. The third-order valence-corrected chi connectivity index (χ3v) is 1.97. The van der Waals surface area contributed by atoms with Gasteiger partial charge in [0.15, 0.2) is 5.75 Å². The zero-order valence-corrected chi connectivity index (χ0v) is 8.78. The largest absolute Gasteiger partial charge is 0.505 e. The van der Waals surface area contributed by atoms with Gasteiger partial charge in [-0.1, -0.05) is 0 Å². The van der Waals surface area contributed by atoms with Crippen LogP contribution in [-0.2, 0) is 16.0 Å². The van der Waals surface area contributed by atoms with Crippen LogP contribution in [0.15, 0.2) is 6.07 Å². The Bertz CT molecular complexity index is 483. The topological polar surface area (TPSA) is 83.2 Å². The first-order chi connectivity index (χ1) is 7.99. The summed E-state index contributed by atoms with van der Waals surface area (Å²) in [7, 11) is 1.11. The number of carbonyl (C=O) groups excluding carboxylic acids is 1. The number of methoxy groups -OCH3 is 1. The summed E-state index contributed by atoms with van der Waals surface area (Å²) in [5.74, 6) is -1.33. The zero-order chi connectivity index (χ0) is 13.0. The van der Waals surface area contributed by atoms with Crippen molar-refractivity contribution in [3.63, 3.8) is 0 Å². The highest BCUT2D eigenvalue weighted by Gasteiger charge is 2.19. The first-order valence-electron chi connectivity index (χ1n) is 4.47. The summed E-state index contributed by atoms with van der Waals surface area (Å²) >= 11 is 0. The van der Waals surface area contributed by atoms with E-state index in [0.29, 0.717) is 0 Å². The van der Waals surface area contributed by atoms with Gasteiger partial charge in [0, 0.05) is 0 Å². The molecule has 0 aromatic carbocycles. The van der Waals surface area contributed by atoms with Crippen LogP contribution in [0.3, 0.4) is 0 Å². The molecule has 0 fully saturated rings. The van der Waals surface area contributed by atoms with Crippen molar-refractivity contribution in [1.29, 1.82) is 5.26 Å². The molecule has 0 aliphatic heterocycles. The van der Waals surface area contributed by atoms with Crippen LogP contribution >= 0.6 is 0 Å². The second-order valence-electron chi connectivity index (χ2n) is 3.06. The van der Waals surface area contributed by atoms with Crippen LogP contribution in [0, 0.1) is 11.3 Å². The van der Waals surface area contributed by atoms with Crippen LogP contribution in [0.5, 0.6) is 5.75 Å². The molecular weight excluding hydrogens is 234 g/mol. The van der Waals surface area contributed by atoms with Crippen molar-refractivity contribution < 1.29 is 23.4 Å². The maximum atomic E-state index is 12.4. The van der Waals surface area contributed by atoms with Crippen molar-refractivity contribution in [2.24, 2.45) is 0 Å². The maximum Gasteiger partial charge on any atom is 0.311 e. The Balaban J connectivity index is 3.24. The Morgan fingerprint density at radius 2 is 2.35 bits per heavy atom. The molecule has 0 aliphatic carbocycles. The SMILES string of the molecule is COC(=O)Cc1nc(C(F)F)cc(C#N)c1O. The quantitative estimate of drug-likeness (QED) is 0.808. The molecule has 1 heterocycles. The predicted molar refractivity (Wildman–Crippen MR) is 51.3 cm³/mol. The maximum absolute atomic E-state index is 12.4. The lowest BCUT2D eigenvalue weighted by molar-refractivity contribution is -0.139. The van der Waals surface area contributed by atoms with Gasteiger partial charge in [0.05, 0.1) is 24.8 Å². The fraction of sp³-hybridized carbons (Fsp3) is 0.300. The van der Waals surface area contributed by atoms with Gasteiger partial charge in [0.2, 0.25) is 0 Å². The Hall–Kier alpha value is -2.23. The fourth-order valence-electron chi connectivity index (χ4n) is 1.14. The molecule has 0 saturated heterocycles. The van der Waals surface area contributed by atoms with Crippen molar-refractivity contribution in [1.82, 2.24) is 4.98 Å². The van der Waals surface area contributed by atoms with Crippen molar-refractivity contribution >= 4 is 5.97 Å². The Morgan fingerprint density at radius 1 is 1.71 bits per heavy atom. The summed E-state index contributed by atoms with van der Waals surface area (Å²) < 4.78 is 29.2. The van der Waals surface area contributed by atoms with E-state index in [4.69, 9.17) is 5.26 Å². The number of alkyl halides is 2. The molecule has 5 nitrogen and oxygen atoms in total. The molecular formula is C10H8F2N2O3. The number of carbonyl (C=O) groups is 1. The third-order valence-electron chi connectivity index (χ3n) is 1.97. The molecule has 0 bridgehead atoms. The first-order valence-corrected chi connectivity index (χ1v) is 4.47. The molecule has 17 heavy (non-hydrogen) atoms. The van der Waals surface area contributed by atoms with Gasteiger partial charge in [-0.2, -0.15) is 5.26 Å². The van der Waals surface area contributed by atoms with Crippen LogP contribution in [0.4, 0.5) is 8.78 Å². The van der Waals surface area contributed by atoms with E-state index < -0.39 is 30.3 Å². The summed E-state index contributed by atoms with van der Waals surface area (Å²) in [5, 5.41) is 18.1. The molecule has 90 valence electrons. The van der Waals surface area contributed by atoms with Gasteiger partial charge < -0.3 is 9.84 Å². The fourth-order valence-corrected chi connectivity index (χ4v) is 1.14. The first kappa shape index (κ1) is 12.8. The number of halogens is 2. The number of aromatic hydroxyl groups is 1. The van der Waals surface area contributed by atoms with Crippen molar-refractivity contribution in [2.75, 3.05) is 7.11 Å². The van der Waals surface area contributed by atoms with Crippen LogP contribution in [-0.4, -0.2) is 23.2 Å². The average molecular weight is 242 g/mol. The molecule has 0 unspecified atom stereocenters. The average Bonchev–Trinajstić information content (AvgIpc) is 2.31. The minimum absolute atomic E-state index is 0.300. The van der Waals surface area contributed by atoms with Gasteiger partial charge in [-0.15, -0.1) is 0 Å². The second-order valence-corrected chi connectivity index (χ2v) is 3.06. The lowest BCUT2D eigenvalue weighted by atomic mass is 10.1. The Morgan fingerprint density at radius 3 is 2.82 bits per heavy atom. The van der Waals surface area contributed by atoms with Gasteiger partial charge >= 0.3 is 5.97 Å². The highest BCUT2D eigenvalue weighted by atomic mass is 19.3. The normalized spacial score (nSPS) is 10.1. The number of ether oxygens (including phenoxy) is 1. The van der Waals surface area contributed by atoms with Gasteiger partial charge in [-0.3, -0.25) is 4.79 Å². The number of hydrogen-bond acceptors (Lipinski definition) is 5. The van der Waals surface area contributed by atoms with Gasteiger partial charge in [0.25, 0.3) is 6.43 Å². The number of pyridine rings is 1. The number of rotatable bonds is 3. The lowest BCUT2D eigenvalue weighted by Crippen LogP contribution is -2.08. The van der Waals surface area contributed by atoms with E-state index in [1.165, 1.54) is 0 Å². The monoisotopic (exact) mass is 242 g/mol. The Labute approximate surface area is 95.3 Å². The molecule has 0 spiro atoms. The molecule has 0 saturated carbocycles. The summed E-state index contributed by atoms with van der Waals surface area (Å²) in [4.78, 5) is 14.4. The number of hydrogen-bond donors (Lipinski definition) is 1. The molecule has 1 N–H and O–H groups in total. The van der Waals surface area contributed by atoms with Gasteiger partial charge in [0.1, 0.15) is 11.8 Å². The summed E-state index contributed by atoms with van der Waals surface area (Å²) in [6, 6.07) is 2.33. The number of nitriles is 1. The van der Waals surface area contributed by atoms with E-state index in [1.54, 1.807) is 6.07 Å². The van der Waals surface area contributed by atoms with E-state index >= 15 is 0 Å². The number of esters is 1. The molecule has 0 amide bonds. The molecule has 1 aromatic rings. The highest BCUT2D eigenvalue weighted by molar-refractivity contribution is 5.73. The Kier molecular flexibility index (Phi) is 3.93. The molecule has 1 aromatic heterocycles. The third kappa shape index (κ3) is 2.87. The molecule has 0 radical (unpaired) electrons. The van der Waals surface area contributed by atoms with Crippen molar-refractivity contribution in [3.8, 4) is 11.8 Å². The van der Waals surface area contributed by atoms with Gasteiger partial charge in [-0.25, -0.2) is 13.8 Å². The van der Waals surface area contributed by atoms with Crippen molar-refractivity contribution in [2.45, 2.75) is 12.8 Å². The summed E-state index contributed by atoms with van der Waals surface area (Å²) in [6.07, 6.45) is -3.36. The highest BCUT2D eigenvalue weighted by Crippen LogP contribution is 2.26. The minimum Gasteiger partial charge on any atom is -0.505 e. The standard InChI is InChI=1S/C10H8F2N2O3/c1-17-8(15)3-6-9(16)5(4-13)2-7(14-6)10(11)12/h2,10,16H,3H2,1H3. The second kappa shape index (κ2) is 5.21. The van der Waals surface area contributed by atoms with Gasteiger partial charge in [-0.05, 0) is 6.07 Å². The van der Waals surface area contributed by atoms with Crippen LogP contribution in [0.2, 0.25) is 0 Å².